The highest BCUT2D eigenvalue weighted by Gasteiger charge is 2.32. The smallest absolute Gasteiger partial charge is 0.269 e. The van der Waals surface area contributed by atoms with Crippen LogP contribution in [0.2, 0.25) is 0 Å². The van der Waals surface area contributed by atoms with Crippen molar-refractivity contribution in [3.63, 3.8) is 0 Å². The lowest BCUT2D eigenvalue weighted by Crippen LogP contribution is -2.34. The molecule has 1 aromatic heterocycles. The van der Waals surface area contributed by atoms with E-state index >= 15 is 0 Å². The van der Waals surface area contributed by atoms with Gasteiger partial charge >= 0.3 is 0 Å². The van der Waals surface area contributed by atoms with E-state index in [0.717, 1.165) is 6.42 Å². The van der Waals surface area contributed by atoms with Gasteiger partial charge in [0.2, 0.25) is 0 Å². The molecule has 1 aromatic rings. The minimum Gasteiger partial charge on any atom is -0.354 e. The summed E-state index contributed by atoms with van der Waals surface area (Å²) in [6, 6.07) is 3.39. The van der Waals surface area contributed by atoms with Crippen LogP contribution in [-0.4, -0.2) is 47.9 Å². The van der Waals surface area contributed by atoms with E-state index in [1.54, 1.807) is 19.2 Å². The first-order valence-corrected chi connectivity index (χ1v) is 6.76. The van der Waals surface area contributed by atoms with Crippen LogP contribution >= 0.6 is 0 Å². The quantitative estimate of drug-likeness (QED) is 0.828. The lowest BCUT2D eigenvalue weighted by atomic mass is 10.1. The van der Waals surface area contributed by atoms with Gasteiger partial charge in [-0.05, 0) is 37.9 Å². The molecule has 1 aliphatic rings. The highest BCUT2D eigenvalue weighted by Crippen LogP contribution is 2.23. The first-order chi connectivity index (χ1) is 9.56. The van der Waals surface area contributed by atoms with Crippen LogP contribution < -0.4 is 11.1 Å². The summed E-state index contributed by atoms with van der Waals surface area (Å²) in [7, 11) is 1.54. The van der Waals surface area contributed by atoms with Gasteiger partial charge in [0.05, 0.1) is 5.56 Å². The van der Waals surface area contributed by atoms with Gasteiger partial charge in [-0.25, -0.2) is 0 Å². The Labute approximate surface area is 118 Å². The molecule has 0 aliphatic carbocycles. The van der Waals surface area contributed by atoms with E-state index < -0.39 is 0 Å². The van der Waals surface area contributed by atoms with Crippen molar-refractivity contribution in [3.05, 3.63) is 29.6 Å². The third-order valence-electron chi connectivity index (χ3n) is 3.73. The lowest BCUT2D eigenvalue weighted by Gasteiger charge is -2.21. The number of carbonyl (C=O) groups excluding carboxylic acids is 2. The molecule has 0 bridgehead atoms. The zero-order valence-electron chi connectivity index (χ0n) is 11.8. The van der Waals surface area contributed by atoms with Gasteiger partial charge in [-0.1, -0.05) is 0 Å². The van der Waals surface area contributed by atoms with E-state index in [9.17, 15) is 9.59 Å². The molecule has 1 saturated heterocycles. The van der Waals surface area contributed by atoms with Crippen molar-refractivity contribution < 1.29 is 9.59 Å². The largest absolute Gasteiger partial charge is 0.354 e. The molecule has 0 spiro atoms. The van der Waals surface area contributed by atoms with E-state index in [2.05, 4.69) is 10.3 Å². The summed E-state index contributed by atoms with van der Waals surface area (Å²) < 4.78 is 0. The van der Waals surface area contributed by atoms with E-state index in [1.165, 1.54) is 6.20 Å². The van der Waals surface area contributed by atoms with Crippen molar-refractivity contribution in [3.8, 4) is 0 Å². The number of pyridine rings is 1. The van der Waals surface area contributed by atoms with Gasteiger partial charge in [0, 0.05) is 25.8 Å². The Morgan fingerprint density at radius 3 is 2.75 bits per heavy atom. The Kier molecular flexibility index (Phi) is 4.34. The molecule has 2 heterocycles. The van der Waals surface area contributed by atoms with Gasteiger partial charge in [0.25, 0.3) is 11.8 Å². The number of hydrogen-bond donors (Lipinski definition) is 2. The zero-order chi connectivity index (χ0) is 14.7. The van der Waals surface area contributed by atoms with Crippen LogP contribution in [0.4, 0.5) is 0 Å². The normalized spacial score (nSPS) is 21.9. The van der Waals surface area contributed by atoms with Gasteiger partial charge < -0.3 is 16.0 Å². The van der Waals surface area contributed by atoms with Crippen molar-refractivity contribution in [2.24, 2.45) is 11.7 Å². The van der Waals surface area contributed by atoms with E-state index in [4.69, 9.17) is 5.73 Å². The fourth-order valence-corrected chi connectivity index (χ4v) is 2.54. The summed E-state index contributed by atoms with van der Waals surface area (Å²) in [6.45, 7) is 3.32. The van der Waals surface area contributed by atoms with Crippen molar-refractivity contribution in [1.82, 2.24) is 15.2 Å². The Balaban J connectivity index is 2.11. The predicted octanol–water partition coefficient (Wildman–Crippen LogP) is 0.251. The lowest BCUT2D eigenvalue weighted by molar-refractivity contribution is 0.0742. The van der Waals surface area contributed by atoms with Crippen molar-refractivity contribution in [1.29, 1.82) is 0 Å². The minimum absolute atomic E-state index is 0.0515. The zero-order valence-corrected chi connectivity index (χ0v) is 11.8. The van der Waals surface area contributed by atoms with Crippen LogP contribution in [0.3, 0.4) is 0 Å². The second kappa shape index (κ2) is 6.00. The maximum Gasteiger partial charge on any atom is 0.269 e. The summed E-state index contributed by atoms with van der Waals surface area (Å²) >= 11 is 0. The molecule has 3 N–H and O–H groups in total. The number of likely N-dealkylation sites (tertiary alicyclic amines) is 1. The molecule has 6 heteroatoms. The number of rotatable bonds is 3. The second-order valence-corrected chi connectivity index (χ2v) is 5.16. The van der Waals surface area contributed by atoms with Crippen LogP contribution in [0.5, 0.6) is 0 Å². The molecule has 108 valence electrons. The molecule has 0 radical (unpaired) electrons. The Morgan fingerprint density at radius 1 is 1.50 bits per heavy atom. The van der Waals surface area contributed by atoms with E-state index in [1.807, 2.05) is 11.8 Å². The maximum absolute atomic E-state index is 12.4. The molecule has 2 atom stereocenters. The predicted molar refractivity (Wildman–Crippen MR) is 75.3 cm³/mol. The fraction of sp³-hybridized carbons (Fsp3) is 0.500. The second-order valence-electron chi connectivity index (χ2n) is 5.16. The maximum atomic E-state index is 12.4. The first-order valence-electron chi connectivity index (χ1n) is 6.76. The molecule has 1 fully saturated rings. The Hall–Kier alpha value is -1.95. The van der Waals surface area contributed by atoms with Gasteiger partial charge in [-0.2, -0.15) is 0 Å². The minimum atomic E-state index is -0.262. The van der Waals surface area contributed by atoms with E-state index in [0.29, 0.717) is 30.3 Å². The summed E-state index contributed by atoms with van der Waals surface area (Å²) in [5, 5.41) is 2.49. The summed E-state index contributed by atoms with van der Waals surface area (Å²) in [4.78, 5) is 29.7. The number of aromatic nitrogens is 1. The molecule has 2 rings (SSSR count). The molecule has 0 saturated carbocycles. The Morgan fingerprint density at radius 2 is 2.25 bits per heavy atom. The van der Waals surface area contributed by atoms with Gasteiger partial charge in [0.1, 0.15) is 5.69 Å². The van der Waals surface area contributed by atoms with Crippen LogP contribution in [0, 0.1) is 5.92 Å². The monoisotopic (exact) mass is 276 g/mol. The highest BCUT2D eigenvalue weighted by atomic mass is 16.2. The molecule has 0 aromatic carbocycles. The average molecular weight is 276 g/mol. The van der Waals surface area contributed by atoms with E-state index in [-0.39, 0.29) is 17.9 Å². The summed E-state index contributed by atoms with van der Waals surface area (Å²) in [6.07, 6.45) is 2.39. The third-order valence-corrected chi connectivity index (χ3v) is 3.73. The highest BCUT2D eigenvalue weighted by molar-refractivity contribution is 5.96. The number of amides is 2. The average Bonchev–Trinajstić information content (AvgIpc) is 2.87. The number of nitrogens with zero attached hydrogens (tertiary/aromatic N) is 2. The summed E-state index contributed by atoms with van der Waals surface area (Å²) in [5.74, 6) is 0.0539. The Bertz CT molecular complexity index is 500. The molecule has 6 nitrogen and oxygen atoms in total. The van der Waals surface area contributed by atoms with Crippen LogP contribution in [0.1, 0.15) is 34.2 Å². The molecular formula is C14H20N4O2. The number of nitrogens with one attached hydrogen (secondary N) is 1. The molecule has 1 aliphatic heterocycles. The van der Waals surface area contributed by atoms with Gasteiger partial charge in [0.15, 0.2) is 0 Å². The fourth-order valence-electron chi connectivity index (χ4n) is 2.54. The third kappa shape index (κ3) is 2.80. The summed E-state index contributed by atoms with van der Waals surface area (Å²) in [5.41, 5.74) is 6.48. The molecule has 2 amide bonds. The van der Waals surface area contributed by atoms with Crippen molar-refractivity contribution in [2.75, 3.05) is 20.1 Å². The van der Waals surface area contributed by atoms with Crippen molar-refractivity contribution >= 4 is 11.8 Å². The van der Waals surface area contributed by atoms with Gasteiger partial charge in [-0.3, -0.25) is 14.6 Å². The molecular weight excluding hydrogens is 256 g/mol. The van der Waals surface area contributed by atoms with Crippen LogP contribution in [-0.2, 0) is 0 Å². The SMILES string of the molecule is CNC(=O)c1ccc(C(=O)N2CC(CN)CC2C)cn1. The van der Waals surface area contributed by atoms with Crippen molar-refractivity contribution in [2.45, 2.75) is 19.4 Å². The number of hydrogen-bond acceptors (Lipinski definition) is 4. The van der Waals surface area contributed by atoms with Gasteiger partial charge in [-0.15, -0.1) is 0 Å². The number of carbonyl (C=O) groups is 2. The topological polar surface area (TPSA) is 88.3 Å². The standard InChI is InChI=1S/C14H20N4O2/c1-9-5-10(6-15)8-18(9)14(20)11-3-4-12(17-7-11)13(19)16-2/h3-4,7,9-10H,5-6,8,15H2,1-2H3,(H,16,19). The molecule has 2 unspecified atom stereocenters. The molecule has 20 heavy (non-hydrogen) atoms. The number of nitrogens with two attached hydrogens (primary N) is 1. The van der Waals surface area contributed by atoms with Crippen LogP contribution in [0.15, 0.2) is 18.3 Å². The first kappa shape index (κ1) is 14.5. The van der Waals surface area contributed by atoms with Crippen LogP contribution in [0.25, 0.3) is 0 Å².